The van der Waals surface area contributed by atoms with Gasteiger partial charge in [0.1, 0.15) is 5.72 Å². The van der Waals surface area contributed by atoms with Gasteiger partial charge < -0.3 is 15.7 Å². The number of nitrogens with one attached hydrogen (secondary N) is 2. The molecular weight excluding hydrogens is 232 g/mol. The highest BCUT2D eigenvalue weighted by molar-refractivity contribution is 7.80. The molecule has 0 bridgehead atoms. The van der Waals surface area contributed by atoms with E-state index in [0.717, 1.165) is 31.4 Å². The maximum atomic E-state index is 10.3. The third kappa shape index (κ3) is 3.68. The van der Waals surface area contributed by atoms with Crippen LogP contribution in [0.4, 0.5) is 5.69 Å². The van der Waals surface area contributed by atoms with Crippen molar-refractivity contribution in [1.29, 1.82) is 0 Å². The molecule has 92 valence electrons. The van der Waals surface area contributed by atoms with Gasteiger partial charge in [-0.15, -0.1) is 0 Å². The van der Waals surface area contributed by atoms with Crippen molar-refractivity contribution in [3.8, 4) is 0 Å². The summed E-state index contributed by atoms with van der Waals surface area (Å²) in [4.78, 5) is 0. The smallest absolute Gasteiger partial charge is 0.172 e. The van der Waals surface area contributed by atoms with Gasteiger partial charge in [0, 0.05) is 5.69 Å². The number of rotatable bonds is 2. The highest BCUT2D eigenvalue weighted by Crippen LogP contribution is 2.25. The van der Waals surface area contributed by atoms with Crippen molar-refractivity contribution >= 4 is 23.0 Å². The molecule has 0 aliphatic heterocycles. The standard InChI is InChI=1S/C13H18N2OS/c16-13(9-5-2-6-10-13)15-12(17)14-11-7-3-1-4-8-11/h1,3-4,7-8,16H,2,5-6,9-10H2,(H2,14,15,17). The minimum Gasteiger partial charge on any atom is -0.371 e. The largest absolute Gasteiger partial charge is 0.371 e. The summed E-state index contributed by atoms with van der Waals surface area (Å²) < 4.78 is 0. The van der Waals surface area contributed by atoms with E-state index in [9.17, 15) is 5.11 Å². The van der Waals surface area contributed by atoms with Gasteiger partial charge in [-0.3, -0.25) is 0 Å². The van der Waals surface area contributed by atoms with Gasteiger partial charge in [0.2, 0.25) is 0 Å². The van der Waals surface area contributed by atoms with E-state index >= 15 is 0 Å². The zero-order valence-corrected chi connectivity index (χ0v) is 10.6. The van der Waals surface area contributed by atoms with Crippen LogP contribution in [0.15, 0.2) is 30.3 Å². The van der Waals surface area contributed by atoms with Crippen LogP contribution in [0.2, 0.25) is 0 Å². The average molecular weight is 250 g/mol. The van der Waals surface area contributed by atoms with E-state index in [-0.39, 0.29) is 0 Å². The van der Waals surface area contributed by atoms with Crippen LogP contribution in [0.5, 0.6) is 0 Å². The van der Waals surface area contributed by atoms with Crippen molar-refractivity contribution in [3.63, 3.8) is 0 Å². The summed E-state index contributed by atoms with van der Waals surface area (Å²) in [6.07, 6.45) is 4.84. The van der Waals surface area contributed by atoms with Crippen LogP contribution in [0, 0.1) is 0 Å². The Morgan fingerprint density at radius 3 is 2.41 bits per heavy atom. The SMILES string of the molecule is OC1(NC(=S)Nc2ccccc2)CCCCC1. The van der Waals surface area contributed by atoms with Crippen molar-refractivity contribution in [3.05, 3.63) is 30.3 Å². The Bertz CT molecular complexity index is 374. The van der Waals surface area contributed by atoms with Gasteiger partial charge in [0.25, 0.3) is 0 Å². The molecule has 1 aliphatic rings. The lowest BCUT2D eigenvalue weighted by molar-refractivity contribution is -0.00955. The van der Waals surface area contributed by atoms with Gasteiger partial charge in [-0.25, -0.2) is 0 Å². The van der Waals surface area contributed by atoms with Crippen molar-refractivity contribution in [2.24, 2.45) is 0 Å². The van der Waals surface area contributed by atoms with Gasteiger partial charge in [-0.05, 0) is 50.0 Å². The molecule has 2 rings (SSSR count). The molecule has 1 aromatic carbocycles. The summed E-state index contributed by atoms with van der Waals surface area (Å²) in [5, 5.41) is 16.9. The highest BCUT2D eigenvalue weighted by atomic mass is 32.1. The topological polar surface area (TPSA) is 44.3 Å². The molecule has 1 aliphatic carbocycles. The Morgan fingerprint density at radius 2 is 1.76 bits per heavy atom. The second-order valence-corrected chi connectivity index (χ2v) is 4.95. The maximum absolute atomic E-state index is 10.3. The second-order valence-electron chi connectivity index (χ2n) is 4.54. The third-order valence-corrected chi connectivity index (χ3v) is 3.26. The molecule has 0 amide bonds. The fourth-order valence-electron chi connectivity index (χ4n) is 2.16. The Hall–Kier alpha value is -1.13. The second kappa shape index (κ2) is 5.47. The van der Waals surface area contributed by atoms with E-state index in [1.165, 1.54) is 6.42 Å². The van der Waals surface area contributed by atoms with E-state index in [1.807, 2.05) is 30.3 Å². The van der Waals surface area contributed by atoms with Crippen LogP contribution < -0.4 is 10.6 Å². The first-order valence-electron chi connectivity index (χ1n) is 6.05. The van der Waals surface area contributed by atoms with Crippen LogP contribution in [0.1, 0.15) is 32.1 Å². The molecule has 17 heavy (non-hydrogen) atoms. The number of benzene rings is 1. The number of thiocarbonyl (C=S) groups is 1. The minimum atomic E-state index is -0.822. The molecule has 1 aromatic rings. The minimum absolute atomic E-state index is 0.487. The lowest BCUT2D eigenvalue weighted by Gasteiger charge is -2.33. The molecule has 0 heterocycles. The van der Waals surface area contributed by atoms with Crippen molar-refractivity contribution < 1.29 is 5.11 Å². The van der Waals surface area contributed by atoms with Crippen LogP contribution in [-0.4, -0.2) is 15.9 Å². The summed E-state index contributed by atoms with van der Waals surface area (Å²) >= 11 is 5.21. The van der Waals surface area contributed by atoms with E-state index in [4.69, 9.17) is 12.2 Å². The van der Waals surface area contributed by atoms with E-state index in [1.54, 1.807) is 0 Å². The number of aliphatic hydroxyl groups is 1. The zero-order chi connectivity index (χ0) is 12.1. The lowest BCUT2D eigenvalue weighted by atomic mass is 9.92. The Balaban J connectivity index is 1.88. The van der Waals surface area contributed by atoms with Crippen molar-refractivity contribution in [2.45, 2.75) is 37.8 Å². The molecule has 0 spiro atoms. The van der Waals surface area contributed by atoms with Crippen LogP contribution in [0.3, 0.4) is 0 Å². The van der Waals surface area contributed by atoms with Gasteiger partial charge in [-0.2, -0.15) is 0 Å². The van der Waals surface area contributed by atoms with Crippen LogP contribution in [0.25, 0.3) is 0 Å². The van der Waals surface area contributed by atoms with Crippen molar-refractivity contribution in [2.75, 3.05) is 5.32 Å². The van der Waals surface area contributed by atoms with Crippen LogP contribution >= 0.6 is 12.2 Å². The van der Waals surface area contributed by atoms with E-state index in [2.05, 4.69) is 10.6 Å². The van der Waals surface area contributed by atoms with Crippen LogP contribution in [-0.2, 0) is 0 Å². The molecule has 0 unspecified atom stereocenters. The van der Waals surface area contributed by atoms with E-state index in [0.29, 0.717) is 5.11 Å². The molecule has 1 fully saturated rings. The number of para-hydroxylation sites is 1. The summed E-state index contributed by atoms with van der Waals surface area (Å²) in [5.74, 6) is 0. The predicted octanol–water partition coefficient (Wildman–Crippen LogP) is 2.63. The normalized spacial score (nSPS) is 18.4. The first-order valence-corrected chi connectivity index (χ1v) is 6.45. The molecule has 4 heteroatoms. The van der Waals surface area contributed by atoms with Gasteiger partial charge in [0.05, 0.1) is 0 Å². The van der Waals surface area contributed by atoms with Gasteiger partial charge in [-0.1, -0.05) is 24.6 Å². The molecule has 0 atom stereocenters. The van der Waals surface area contributed by atoms with Gasteiger partial charge in [0.15, 0.2) is 5.11 Å². The summed E-state index contributed by atoms with van der Waals surface area (Å²) in [6, 6.07) is 9.73. The maximum Gasteiger partial charge on any atom is 0.172 e. The predicted molar refractivity (Wildman–Crippen MR) is 73.8 cm³/mol. The first-order chi connectivity index (χ1) is 8.18. The molecule has 0 radical (unpaired) electrons. The van der Waals surface area contributed by atoms with Crippen molar-refractivity contribution in [1.82, 2.24) is 5.32 Å². The fourth-order valence-corrected chi connectivity index (χ4v) is 2.46. The zero-order valence-electron chi connectivity index (χ0n) is 9.78. The lowest BCUT2D eigenvalue weighted by Crippen LogP contribution is -2.51. The fraction of sp³-hybridized carbons (Fsp3) is 0.462. The molecule has 3 nitrogen and oxygen atoms in total. The molecule has 0 saturated heterocycles. The Labute approximate surface area is 107 Å². The summed E-state index contributed by atoms with van der Waals surface area (Å²) in [7, 11) is 0. The number of anilines is 1. The highest BCUT2D eigenvalue weighted by Gasteiger charge is 2.29. The molecule has 1 saturated carbocycles. The quantitative estimate of drug-likeness (QED) is 0.558. The molecule has 0 aromatic heterocycles. The third-order valence-electron chi connectivity index (χ3n) is 3.06. The number of hydrogen-bond donors (Lipinski definition) is 3. The molecular formula is C13H18N2OS. The Morgan fingerprint density at radius 1 is 1.12 bits per heavy atom. The average Bonchev–Trinajstić information content (AvgIpc) is 2.30. The summed E-state index contributed by atoms with van der Waals surface area (Å²) in [5.41, 5.74) is 0.112. The van der Waals surface area contributed by atoms with E-state index < -0.39 is 5.72 Å². The Kier molecular flexibility index (Phi) is 3.97. The monoisotopic (exact) mass is 250 g/mol. The number of hydrogen-bond acceptors (Lipinski definition) is 2. The first kappa shape index (κ1) is 12.3. The molecule has 3 N–H and O–H groups in total. The van der Waals surface area contributed by atoms with Gasteiger partial charge >= 0.3 is 0 Å². The summed E-state index contributed by atoms with van der Waals surface area (Å²) in [6.45, 7) is 0.